The molecule has 1 aliphatic heterocycles. The standard InChI is InChI=1S/C20H24N4OS/c1-3-24-12-4-5-16-13-15(6-11-19(16)24)14-21-23-20(26)22-17-7-9-18(25-2)10-8-17/h6-11,13-14H,3-5,12H2,1-2H3,(H2,22,23,26). The van der Waals surface area contributed by atoms with E-state index in [2.05, 4.69) is 45.9 Å². The highest BCUT2D eigenvalue weighted by molar-refractivity contribution is 7.80. The first kappa shape index (κ1) is 18.2. The molecule has 0 atom stereocenters. The van der Waals surface area contributed by atoms with Gasteiger partial charge in [0.2, 0.25) is 0 Å². The number of methoxy groups -OCH3 is 1. The SMILES string of the molecule is CCN1CCCc2cc(C=NNC(=S)Nc3ccc(OC)cc3)ccc21. The van der Waals surface area contributed by atoms with E-state index in [1.165, 1.54) is 17.7 Å². The fourth-order valence-corrected chi connectivity index (χ4v) is 3.27. The Morgan fingerprint density at radius 2 is 2.08 bits per heavy atom. The molecule has 0 aromatic heterocycles. The Balaban J connectivity index is 1.57. The van der Waals surface area contributed by atoms with Gasteiger partial charge >= 0.3 is 0 Å². The minimum atomic E-state index is 0.446. The molecule has 3 rings (SSSR count). The number of nitrogens with one attached hydrogen (secondary N) is 2. The van der Waals surface area contributed by atoms with Gasteiger partial charge in [0.1, 0.15) is 5.75 Å². The third kappa shape index (κ3) is 4.52. The molecule has 2 aromatic rings. The number of ether oxygens (including phenoxy) is 1. The molecule has 1 aliphatic rings. The molecule has 0 radical (unpaired) electrons. The molecule has 0 amide bonds. The summed E-state index contributed by atoms with van der Waals surface area (Å²) in [7, 11) is 1.64. The predicted molar refractivity (Wildman–Crippen MR) is 113 cm³/mol. The average molecular weight is 369 g/mol. The Morgan fingerprint density at radius 3 is 2.81 bits per heavy atom. The Labute approximate surface area is 160 Å². The highest BCUT2D eigenvalue weighted by Gasteiger charge is 2.15. The molecule has 5 nitrogen and oxygen atoms in total. The molecule has 0 saturated carbocycles. The van der Waals surface area contributed by atoms with Crippen LogP contribution in [0.25, 0.3) is 0 Å². The van der Waals surface area contributed by atoms with Gasteiger partial charge in [-0.25, -0.2) is 0 Å². The summed E-state index contributed by atoms with van der Waals surface area (Å²) in [6.45, 7) is 4.39. The zero-order valence-electron chi connectivity index (χ0n) is 15.2. The Morgan fingerprint density at radius 1 is 1.27 bits per heavy atom. The maximum atomic E-state index is 5.27. The van der Waals surface area contributed by atoms with Crippen molar-refractivity contribution in [3.8, 4) is 5.75 Å². The molecule has 0 bridgehead atoms. The van der Waals surface area contributed by atoms with Gasteiger partial charge in [-0.2, -0.15) is 5.10 Å². The summed E-state index contributed by atoms with van der Waals surface area (Å²) < 4.78 is 5.14. The van der Waals surface area contributed by atoms with Crippen LogP contribution in [0.1, 0.15) is 24.5 Å². The smallest absolute Gasteiger partial charge is 0.191 e. The number of fused-ring (bicyclic) bond motifs is 1. The number of anilines is 2. The van der Waals surface area contributed by atoms with Crippen molar-refractivity contribution in [1.29, 1.82) is 0 Å². The van der Waals surface area contributed by atoms with E-state index in [1.54, 1.807) is 13.3 Å². The lowest BCUT2D eigenvalue weighted by Crippen LogP contribution is -2.28. The molecule has 26 heavy (non-hydrogen) atoms. The second kappa shape index (κ2) is 8.67. The van der Waals surface area contributed by atoms with Gasteiger partial charge in [-0.1, -0.05) is 6.07 Å². The molecule has 0 spiro atoms. The summed E-state index contributed by atoms with van der Waals surface area (Å²) >= 11 is 5.27. The van der Waals surface area contributed by atoms with Gasteiger partial charge in [0.05, 0.1) is 13.3 Å². The maximum absolute atomic E-state index is 5.27. The van der Waals surface area contributed by atoms with Gasteiger partial charge in [0, 0.05) is 24.5 Å². The van der Waals surface area contributed by atoms with Crippen molar-refractivity contribution < 1.29 is 4.74 Å². The second-order valence-corrected chi connectivity index (χ2v) is 6.53. The van der Waals surface area contributed by atoms with Crippen molar-refractivity contribution in [2.75, 3.05) is 30.4 Å². The zero-order valence-corrected chi connectivity index (χ0v) is 16.0. The molecule has 136 valence electrons. The molecule has 2 aromatic carbocycles. The monoisotopic (exact) mass is 368 g/mol. The number of nitrogens with zero attached hydrogens (tertiary/aromatic N) is 2. The average Bonchev–Trinajstić information content (AvgIpc) is 2.68. The summed E-state index contributed by atoms with van der Waals surface area (Å²) in [5.74, 6) is 0.807. The molecule has 0 fully saturated rings. The number of aryl methyl sites for hydroxylation is 1. The molecular formula is C20H24N4OS. The Kier molecular flexibility index (Phi) is 6.07. The van der Waals surface area contributed by atoms with Crippen LogP contribution in [-0.4, -0.2) is 31.5 Å². The molecule has 0 aliphatic carbocycles. The Hall–Kier alpha value is -2.60. The first-order valence-corrected chi connectivity index (χ1v) is 9.22. The zero-order chi connectivity index (χ0) is 18.4. The molecule has 2 N–H and O–H groups in total. The number of hydrogen-bond donors (Lipinski definition) is 2. The minimum absolute atomic E-state index is 0.446. The molecule has 0 unspecified atom stereocenters. The lowest BCUT2D eigenvalue weighted by atomic mass is 9.99. The quantitative estimate of drug-likeness (QED) is 0.478. The lowest BCUT2D eigenvalue weighted by molar-refractivity contribution is 0.415. The third-order valence-electron chi connectivity index (χ3n) is 4.43. The summed E-state index contributed by atoms with van der Waals surface area (Å²) in [5, 5.41) is 7.78. The van der Waals surface area contributed by atoms with Crippen LogP contribution < -0.4 is 20.4 Å². The van der Waals surface area contributed by atoms with Crippen molar-refractivity contribution in [3.05, 3.63) is 53.6 Å². The maximum Gasteiger partial charge on any atom is 0.191 e. The summed E-state index contributed by atoms with van der Waals surface area (Å²) in [5.41, 5.74) is 7.55. The molecular weight excluding hydrogens is 344 g/mol. The van der Waals surface area contributed by atoms with Crippen LogP contribution in [0.3, 0.4) is 0 Å². The fourth-order valence-electron chi connectivity index (χ4n) is 3.10. The lowest BCUT2D eigenvalue weighted by Gasteiger charge is -2.30. The summed E-state index contributed by atoms with van der Waals surface area (Å²) in [6, 6.07) is 14.0. The van der Waals surface area contributed by atoms with E-state index in [0.717, 1.165) is 36.5 Å². The van der Waals surface area contributed by atoms with E-state index in [1.807, 2.05) is 24.3 Å². The first-order chi connectivity index (χ1) is 12.7. The van der Waals surface area contributed by atoms with Gasteiger partial charge in [-0.15, -0.1) is 0 Å². The van der Waals surface area contributed by atoms with E-state index in [9.17, 15) is 0 Å². The van der Waals surface area contributed by atoms with Gasteiger partial charge < -0.3 is 15.0 Å². The van der Waals surface area contributed by atoms with Crippen LogP contribution in [0.2, 0.25) is 0 Å². The van der Waals surface area contributed by atoms with Gasteiger partial charge in [0.15, 0.2) is 5.11 Å². The number of hydrogen-bond acceptors (Lipinski definition) is 4. The van der Waals surface area contributed by atoms with E-state index in [-0.39, 0.29) is 0 Å². The number of thiocarbonyl (C=S) groups is 1. The Bertz CT molecular complexity index is 789. The largest absolute Gasteiger partial charge is 0.497 e. The topological polar surface area (TPSA) is 48.9 Å². The second-order valence-electron chi connectivity index (χ2n) is 6.12. The van der Waals surface area contributed by atoms with E-state index >= 15 is 0 Å². The fraction of sp³-hybridized carbons (Fsp3) is 0.300. The molecule has 0 saturated heterocycles. The van der Waals surface area contributed by atoms with Crippen molar-refractivity contribution in [1.82, 2.24) is 5.43 Å². The highest BCUT2D eigenvalue weighted by atomic mass is 32.1. The van der Waals surface area contributed by atoms with Crippen molar-refractivity contribution in [2.24, 2.45) is 5.10 Å². The van der Waals surface area contributed by atoms with E-state index in [4.69, 9.17) is 17.0 Å². The van der Waals surface area contributed by atoms with Crippen molar-refractivity contribution in [3.63, 3.8) is 0 Å². The van der Waals surface area contributed by atoms with Crippen LogP contribution >= 0.6 is 12.2 Å². The third-order valence-corrected chi connectivity index (χ3v) is 4.62. The molecule has 1 heterocycles. The first-order valence-electron chi connectivity index (χ1n) is 8.81. The minimum Gasteiger partial charge on any atom is -0.497 e. The predicted octanol–water partition coefficient (Wildman–Crippen LogP) is 3.79. The van der Waals surface area contributed by atoms with Crippen LogP contribution in [0.15, 0.2) is 47.6 Å². The van der Waals surface area contributed by atoms with Crippen LogP contribution in [0.5, 0.6) is 5.75 Å². The van der Waals surface area contributed by atoms with Gasteiger partial charge in [0.25, 0.3) is 0 Å². The van der Waals surface area contributed by atoms with E-state index in [0.29, 0.717) is 5.11 Å². The molecule has 6 heteroatoms. The van der Waals surface area contributed by atoms with E-state index < -0.39 is 0 Å². The van der Waals surface area contributed by atoms with Crippen LogP contribution in [0, 0.1) is 0 Å². The van der Waals surface area contributed by atoms with Gasteiger partial charge in [-0.3, -0.25) is 5.43 Å². The normalized spacial score (nSPS) is 13.4. The van der Waals surface area contributed by atoms with Crippen molar-refractivity contribution >= 4 is 34.9 Å². The summed E-state index contributed by atoms with van der Waals surface area (Å²) in [6.07, 6.45) is 4.13. The van der Waals surface area contributed by atoms with Gasteiger partial charge in [-0.05, 0) is 79.5 Å². The van der Waals surface area contributed by atoms with Crippen molar-refractivity contribution in [2.45, 2.75) is 19.8 Å². The summed E-state index contributed by atoms with van der Waals surface area (Å²) in [4.78, 5) is 2.42. The van der Waals surface area contributed by atoms with Crippen LogP contribution in [0.4, 0.5) is 11.4 Å². The van der Waals surface area contributed by atoms with Crippen LogP contribution in [-0.2, 0) is 6.42 Å². The number of rotatable bonds is 5. The highest BCUT2D eigenvalue weighted by Crippen LogP contribution is 2.27. The number of hydrazone groups is 1. The number of benzene rings is 2.